The number of imide groups is 1. The molecule has 114 valence electrons. The van der Waals surface area contributed by atoms with Gasteiger partial charge >= 0.3 is 0 Å². The van der Waals surface area contributed by atoms with Gasteiger partial charge in [0, 0.05) is 18.2 Å². The van der Waals surface area contributed by atoms with Gasteiger partial charge in [-0.25, -0.2) is 4.39 Å². The lowest BCUT2D eigenvalue weighted by Crippen LogP contribution is -2.40. The van der Waals surface area contributed by atoms with E-state index in [9.17, 15) is 22.4 Å². The van der Waals surface area contributed by atoms with Crippen LogP contribution in [-0.4, -0.2) is 35.5 Å². The Morgan fingerprint density at radius 3 is 2.76 bits per heavy atom. The van der Waals surface area contributed by atoms with Gasteiger partial charge in [-0.2, -0.15) is 8.42 Å². The van der Waals surface area contributed by atoms with Crippen LogP contribution in [0, 0.1) is 5.82 Å². The van der Waals surface area contributed by atoms with Gasteiger partial charge in [0.05, 0.1) is 17.4 Å². The number of nitrogens with zero attached hydrogens (tertiary/aromatic N) is 1. The van der Waals surface area contributed by atoms with Crippen LogP contribution in [0.3, 0.4) is 0 Å². The van der Waals surface area contributed by atoms with Crippen LogP contribution in [0.25, 0.3) is 0 Å². The molecule has 0 aromatic carbocycles. The first kappa shape index (κ1) is 15.5. The highest BCUT2D eigenvalue weighted by molar-refractivity contribution is 7.85. The number of halogens is 1. The molecule has 0 bridgehead atoms. The minimum atomic E-state index is -4.26. The molecule has 2 amide bonds. The van der Waals surface area contributed by atoms with Crippen LogP contribution in [0.1, 0.15) is 30.0 Å². The summed E-state index contributed by atoms with van der Waals surface area (Å²) in [6, 6.07) is 1.05. The molecule has 1 aliphatic rings. The normalized spacial score (nSPS) is 19.4. The van der Waals surface area contributed by atoms with Crippen molar-refractivity contribution in [2.75, 3.05) is 5.75 Å². The number of aromatic nitrogens is 1. The molecule has 0 radical (unpaired) electrons. The zero-order valence-electron chi connectivity index (χ0n) is 10.9. The monoisotopic (exact) mass is 316 g/mol. The summed E-state index contributed by atoms with van der Waals surface area (Å²) in [7, 11) is -4.26. The Bertz CT molecular complexity index is 689. The Balaban J connectivity index is 2.33. The van der Waals surface area contributed by atoms with Crippen LogP contribution >= 0.6 is 0 Å². The predicted molar refractivity (Wildman–Crippen MR) is 69.4 cm³/mol. The maximum atomic E-state index is 13.9. The average Bonchev–Trinajstić information content (AvgIpc) is 2.36. The van der Waals surface area contributed by atoms with Crippen molar-refractivity contribution in [2.24, 2.45) is 0 Å². The molecule has 9 heteroatoms. The van der Waals surface area contributed by atoms with Gasteiger partial charge in [0.25, 0.3) is 10.1 Å². The zero-order valence-corrected chi connectivity index (χ0v) is 11.7. The minimum absolute atomic E-state index is 0.0374. The highest BCUT2D eigenvalue weighted by Crippen LogP contribution is 2.27. The fraction of sp³-hybridized carbons (Fsp3) is 0.417. The second-order valence-electron chi connectivity index (χ2n) is 4.70. The number of carbonyl (C=O) groups is 2. The zero-order chi connectivity index (χ0) is 15.6. The first-order valence-corrected chi connectivity index (χ1v) is 7.81. The fourth-order valence-electron chi connectivity index (χ4n) is 2.22. The van der Waals surface area contributed by atoms with E-state index in [4.69, 9.17) is 4.55 Å². The molecule has 2 heterocycles. The summed E-state index contributed by atoms with van der Waals surface area (Å²) >= 11 is 0. The van der Waals surface area contributed by atoms with Crippen molar-refractivity contribution < 1.29 is 27.0 Å². The number of piperidine rings is 1. The SMILES string of the molecule is O=C1CCC(c2nccc(F)c2CCS(=O)(=O)O)C(=O)N1. The molecule has 1 fully saturated rings. The highest BCUT2D eigenvalue weighted by atomic mass is 32.2. The standard InChI is InChI=1S/C12H13FN2O5S/c13-9-3-5-14-11(7(9)4-6-21(18,19)20)8-1-2-10(16)15-12(8)17/h3,5,8H,1-2,4,6H2,(H,15,16,17)(H,18,19,20). The van der Waals surface area contributed by atoms with E-state index >= 15 is 0 Å². The van der Waals surface area contributed by atoms with E-state index in [1.165, 1.54) is 6.20 Å². The van der Waals surface area contributed by atoms with E-state index < -0.39 is 39.4 Å². The van der Waals surface area contributed by atoms with Crippen molar-refractivity contribution in [1.29, 1.82) is 0 Å². The molecule has 1 aromatic rings. The molecule has 1 aromatic heterocycles. The van der Waals surface area contributed by atoms with Gasteiger partial charge < -0.3 is 0 Å². The Morgan fingerprint density at radius 2 is 2.14 bits per heavy atom. The molecule has 1 aliphatic heterocycles. The van der Waals surface area contributed by atoms with Crippen molar-refractivity contribution in [2.45, 2.75) is 25.2 Å². The first-order chi connectivity index (χ1) is 9.78. The van der Waals surface area contributed by atoms with Crippen molar-refractivity contribution in [3.63, 3.8) is 0 Å². The summed E-state index contributed by atoms with van der Waals surface area (Å²) in [6.07, 6.45) is 1.16. The third-order valence-electron chi connectivity index (χ3n) is 3.21. The summed E-state index contributed by atoms with van der Waals surface area (Å²) in [5, 5.41) is 2.14. The summed E-state index contributed by atoms with van der Waals surface area (Å²) in [6.45, 7) is 0. The molecule has 2 rings (SSSR count). The van der Waals surface area contributed by atoms with Gasteiger partial charge in [-0.3, -0.25) is 24.4 Å². The van der Waals surface area contributed by atoms with Gasteiger partial charge in [0.2, 0.25) is 11.8 Å². The van der Waals surface area contributed by atoms with E-state index in [2.05, 4.69) is 10.3 Å². The Hall–Kier alpha value is -1.87. The van der Waals surface area contributed by atoms with Crippen LogP contribution in [-0.2, 0) is 26.1 Å². The quantitative estimate of drug-likeness (QED) is 0.605. The average molecular weight is 316 g/mol. The van der Waals surface area contributed by atoms with Gasteiger partial charge in [0.1, 0.15) is 5.82 Å². The van der Waals surface area contributed by atoms with Crippen LogP contribution in [0.2, 0.25) is 0 Å². The maximum Gasteiger partial charge on any atom is 0.265 e. The van der Waals surface area contributed by atoms with Crippen LogP contribution < -0.4 is 5.32 Å². The lowest BCUT2D eigenvalue weighted by molar-refractivity contribution is -0.134. The summed E-state index contributed by atoms with van der Waals surface area (Å²) in [5.74, 6) is -3.18. The lowest BCUT2D eigenvalue weighted by atomic mass is 9.90. The van der Waals surface area contributed by atoms with Crippen LogP contribution in [0.5, 0.6) is 0 Å². The van der Waals surface area contributed by atoms with E-state index in [0.717, 1.165) is 6.07 Å². The van der Waals surface area contributed by atoms with Crippen molar-refractivity contribution >= 4 is 21.9 Å². The Kier molecular flexibility index (Phi) is 4.33. The largest absolute Gasteiger partial charge is 0.296 e. The molecule has 0 aliphatic carbocycles. The number of hydrogen-bond acceptors (Lipinski definition) is 5. The van der Waals surface area contributed by atoms with E-state index in [0.29, 0.717) is 0 Å². The lowest BCUT2D eigenvalue weighted by Gasteiger charge is -2.22. The van der Waals surface area contributed by atoms with Crippen molar-refractivity contribution in [3.05, 3.63) is 29.3 Å². The molecule has 7 nitrogen and oxygen atoms in total. The van der Waals surface area contributed by atoms with Gasteiger partial charge in [-0.15, -0.1) is 0 Å². The fourth-order valence-corrected chi connectivity index (χ4v) is 2.68. The van der Waals surface area contributed by atoms with Crippen molar-refractivity contribution in [1.82, 2.24) is 10.3 Å². The third kappa shape index (κ3) is 3.82. The number of pyridine rings is 1. The van der Waals surface area contributed by atoms with Gasteiger partial charge in [-0.1, -0.05) is 0 Å². The number of hydrogen-bond donors (Lipinski definition) is 2. The van der Waals surface area contributed by atoms with Crippen LogP contribution in [0.4, 0.5) is 4.39 Å². The summed E-state index contributed by atoms with van der Waals surface area (Å²) in [4.78, 5) is 26.9. The maximum absolute atomic E-state index is 13.9. The summed E-state index contributed by atoms with van der Waals surface area (Å²) in [5.41, 5.74) is 0.0632. The second kappa shape index (κ2) is 5.86. The smallest absolute Gasteiger partial charge is 0.265 e. The predicted octanol–water partition coefficient (Wildman–Crippen LogP) is 0.171. The molecule has 0 spiro atoms. The third-order valence-corrected chi connectivity index (χ3v) is 3.93. The molecule has 1 saturated heterocycles. The Morgan fingerprint density at radius 1 is 1.43 bits per heavy atom. The van der Waals surface area contributed by atoms with Crippen molar-refractivity contribution in [3.8, 4) is 0 Å². The molecule has 1 unspecified atom stereocenters. The summed E-state index contributed by atoms with van der Waals surface area (Å²) < 4.78 is 44.2. The first-order valence-electron chi connectivity index (χ1n) is 6.20. The number of rotatable bonds is 4. The van der Waals surface area contributed by atoms with E-state index in [-0.39, 0.29) is 30.5 Å². The Labute approximate surface area is 120 Å². The number of carbonyl (C=O) groups excluding carboxylic acids is 2. The number of nitrogens with one attached hydrogen (secondary N) is 1. The highest BCUT2D eigenvalue weighted by Gasteiger charge is 2.31. The van der Waals surface area contributed by atoms with E-state index in [1.54, 1.807) is 0 Å². The van der Waals surface area contributed by atoms with E-state index in [1.807, 2.05) is 0 Å². The topological polar surface area (TPSA) is 113 Å². The molecule has 21 heavy (non-hydrogen) atoms. The molecule has 0 saturated carbocycles. The molecule has 2 N–H and O–H groups in total. The molecular formula is C12H13FN2O5S. The minimum Gasteiger partial charge on any atom is -0.296 e. The molecular weight excluding hydrogens is 303 g/mol. The van der Waals surface area contributed by atoms with Crippen LogP contribution in [0.15, 0.2) is 12.3 Å². The number of amides is 2. The van der Waals surface area contributed by atoms with Gasteiger partial charge in [0.15, 0.2) is 0 Å². The molecule has 1 atom stereocenters. The van der Waals surface area contributed by atoms with Gasteiger partial charge in [-0.05, 0) is 18.9 Å². The second-order valence-corrected chi connectivity index (χ2v) is 6.27.